The molecule has 0 saturated carbocycles. The fourth-order valence-corrected chi connectivity index (χ4v) is 2.91. The Morgan fingerprint density at radius 3 is 2.24 bits per heavy atom. The molecule has 0 unspecified atom stereocenters. The molecule has 0 aliphatic rings. The van der Waals surface area contributed by atoms with Crippen LogP contribution in [0.1, 0.15) is 12.0 Å². The van der Waals surface area contributed by atoms with Gasteiger partial charge in [-0.3, -0.25) is 9.59 Å². The molecule has 0 aliphatic carbocycles. The fourth-order valence-electron chi connectivity index (χ4n) is 2.91. The molecule has 132 valence electrons. The molecule has 0 aliphatic heterocycles. The maximum atomic E-state index is 12.5. The zero-order valence-corrected chi connectivity index (χ0v) is 14.4. The molecule has 1 N–H and O–H groups in total. The van der Waals surface area contributed by atoms with Gasteiger partial charge in [0.05, 0.1) is 20.8 Å². The van der Waals surface area contributed by atoms with Crippen LogP contribution in [0.3, 0.4) is 0 Å². The van der Waals surface area contributed by atoms with Crippen LogP contribution in [-0.2, 0) is 25.5 Å². The number of benzene rings is 2. The molecular formula is C20H22O5. The SMILES string of the molecule is COC(=O)C(C/C=C/CO)(Cc1ccc2ccccc2c1)C(=O)OC. The number of esters is 2. The number of methoxy groups -OCH3 is 2. The second-order valence-electron chi connectivity index (χ2n) is 5.78. The van der Waals surface area contributed by atoms with Gasteiger partial charge in [-0.2, -0.15) is 0 Å². The highest BCUT2D eigenvalue weighted by Gasteiger charge is 2.47. The van der Waals surface area contributed by atoms with Crippen molar-refractivity contribution in [3.63, 3.8) is 0 Å². The highest BCUT2D eigenvalue weighted by atomic mass is 16.5. The summed E-state index contributed by atoms with van der Waals surface area (Å²) in [7, 11) is 2.49. The van der Waals surface area contributed by atoms with Crippen LogP contribution in [-0.4, -0.2) is 37.9 Å². The van der Waals surface area contributed by atoms with Crippen molar-refractivity contribution in [2.45, 2.75) is 12.8 Å². The van der Waals surface area contributed by atoms with Crippen LogP contribution in [0.25, 0.3) is 10.8 Å². The second kappa shape index (κ2) is 8.44. The Labute approximate surface area is 146 Å². The van der Waals surface area contributed by atoms with E-state index in [-0.39, 0.29) is 19.4 Å². The average molecular weight is 342 g/mol. The van der Waals surface area contributed by atoms with Gasteiger partial charge in [0, 0.05) is 0 Å². The molecule has 0 atom stereocenters. The van der Waals surface area contributed by atoms with E-state index in [1.807, 2.05) is 42.5 Å². The highest BCUT2D eigenvalue weighted by Crippen LogP contribution is 2.32. The third-order valence-electron chi connectivity index (χ3n) is 4.21. The molecule has 5 heteroatoms. The minimum atomic E-state index is -1.49. The molecule has 25 heavy (non-hydrogen) atoms. The van der Waals surface area contributed by atoms with E-state index in [9.17, 15) is 9.59 Å². The first-order valence-electron chi connectivity index (χ1n) is 7.98. The molecule has 2 aromatic rings. The van der Waals surface area contributed by atoms with Crippen molar-refractivity contribution in [3.05, 3.63) is 60.2 Å². The number of hydrogen-bond acceptors (Lipinski definition) is 5. The van der Waals surface area contributed by atoms with Gasteiger partial charge in [0.25, 0.3) is 0 Å². The van der Waals surface area contributed by atoms with Crippen molar-refractivity contribution >= 4 is 22.7 Å². The van der Waals surface area contributed by atoms with E-state index in [2.05, 4.69) is 0 Å². The lowest BCUT2D eigenvalue weighted by Gasteiger charge is -2.27. The molecular weight excluding hydrogens is 320 g/mol. The molecule has 0 spiro atoms. The predicted octanol–water partition coefficient (Wildman–Crippen LogP) is 2.65. The predicted molar refractivity (Wildman–Crippen MR) is 95.0 cm³/mol. The molecule has 5 nitrogen and oxygen atoms in total. The van der Waals surface area contributed by atoms with E-state index in [0.717, 1.165) is 16.3 Å². The summed E-state index contributed by atoms with van der Waals surface area (Å²) in [5.41, 5.74) is -0.663. The van der Waals surface area contributed by atoms with E-state index < -0.39 is 17.4 Å². The van der Waals surface area contributed by atoms with E-state index in [0.29, 0.717) is 0 Å². The molecule has 0 saturated heterocycles. The lowest BCUT2D eigenvalue weighted by molar-refractivity contribution is -0.168. The Morgan fingerprint density at radius 2 is 1.64 bits per heavy atom. The molecule has 0 heterocycles. The van der Waals surface area contributed by atoms with Crippen LogP contribution in [0.15, 0.2) is 54.6 Å². The van der Waals surface area contributed by atoms with Gasteiger partial charge < -0.3 is 14.6 Å². The highest BCUT2D eigenvalue weighted by molar-refractivity contribution is 6.00. The monoisotopic (exact) mass is 342 g/mol. The Morgan fingerprint density at radius 1 is 1.00 bits per heavy atom. The van der Waals surface area contributed by atoms with Gasteiger partial charge in [-0.15, -0.1) is 0 Å². The van der Waals surface area contributed by atoms with Gasteiger partial charge in [0.1, 0.15) is 0 Å². The van der Waals surface area contributed by atoms with Crippen LogP contribution in [0.5, 0.6) is 0 Å². The lowest BCUT2D eigenvalue weighted by atomic mass is 9.78. The number of carbonyl (C=O) groups excluding carboxylic acids is 2. The quantitative estimate of drug-likeness (QED) is 0.476. The number of carbonyl (C=O) groups is 2. The Balaban J connectivity index is 2.46. The van der Waals surface area contributed by atoms with E-state index in [4.69, 9.17) is 14.6 Å². The van der Waals surface area contributed by atoms with Gasteiger partial charge in [-0.25, -0.2) is 0 Å². The molecule has 0 fully saturated rings. The summed E-state index contributed by atoms with van der Waals surface area (Å²) in [4.78, 5) is 25.0. The molecule has 2 rings (SSSR count). The average Bonchev–Trinajstić information content (AvgIpc) is 2.65. The molecule has 0 bridgehead atoms. The first-order chi connectivity index (χ1) is 12.1. The van der Waals surface area contributed by atoms with E-state index >= 15 is 0 Å². The summed E-state index contributed by atoms with van der Waals surface area (Å²) in [6.45, 7) is -0.172. The summed E-state index contributed by atoms with van der Waals surface area (Å²) in [6, 6.07) is 13.6. The number of rotatable bonds is 7. The first kappa shape index (κ1) is 18.7. The maximum Gasteiger partial charge on any atom is 0.323 e. The second-order valence-corrected chi connectivity index (χ2v) is 5.78. The van der Waals surface area contributed by atoms with Crippen molar-refractivity contribution in [3.8, 4) is 0 Å². The van der Waals surface area contributed by atoms with Crippen LogP contribution < -0.4 is 0 Å². The standard InChI is InChI=1S/C20H22O5/c1-24-18(22)20(19(23)25-2,11-5-6-12-21)14-15-9-10-16-7-3-4-8-17(16)13-15/h3-10,13,21H,11-12,14H2,1-2H3/b6-5+. The van der Waals surface area contributed by atoms with Crippen molar-refractivity contribution in [1.29, 1.82) is 0 Å². The molecule has 0 aromatic heterocycles. The van der Waals surface area contributed by atoms with Gasteiger partial charge >= 0.3 is 11.9 Å². The third kappa shape index (κ3) is 4.06. The zero-order valence-electron chi connectivity index (χ0n) is 14.4. The number of allylic oxidation sites excluding steroid dienone is 1. The van der Waals surface area contributed by atoms with Crippen LogP contribution >= 0.6 is 0 Å². The first-order valence-corrected chi connectivity index (χ1v) is 7.98. The number of ether oxygens (including phenoxy) is 2. The summed E-state index contributed by atoms with van der Waals surface area (Å²) in [5.74, 6) is -1.31. The number of aliphatic hydroxyl groups is 1. The van der Waals surface area contributed by atoms with Crippen LogP contribution in [0, 0.1) is 5.41 Å². The number of aliphatic hydroxyl groups excluding tert-OH is 1. The summed E-state index contributed by atoms with van der Waals surface area (Å²) < 4.78 is 9.79. The van der Waals surface area contributed by atoms with Crippen molar-refractivity contribution in [2.24, 2.45) is 5.41 Å². The minimum absolute atomic E-state index is 0.0831. The van der Waals surface area contributed by atoms with E-state index in [1.165, 1.54) is 20.3 Å². The van der Waals surface area contributed by atoms with Crippen molar-refractivity contribution in [1.82, 2.24) is 0 Å². The summed E-state index contributed by atoms with van der Waals surface area (Å²) >= 11 is 0. The maximum absolute atomic E-state index is 12.5. The van der Waals surface area contributed by atoms with E-state index in [1.54, 1.807) is 6.08 Å². The molecule has 0 amide bonds. The lowest BCUT2D eigenvalue weighted by Crippen LogP contribution is -2.43. The number of fused-ring (bicyclic) bond motifs is 1. The smallest absolute Gasteiger partial charge is 0.323 e. The van der Waals surface area contributed by atoms with Crippen molar-refractivity contribution in [2.75, 3.05) is 20.8 Å². The van der Waals surface area contributed by atoms with Gasteiger partial charge in [0.15, 0.2) is 5.41 Å². The molecule has 0 radical (unpaired) electrons. The van der Waals surface area contributed by atoms with Crippen molar-refractivity contribution < 1.29 is 24.2 Å². The van der Waals surface area contributed by atoms with Gasteiger partial charge in [-0.05, 0) is 29.2 Å². The molecule has 2 aromatic carbocycles. The third-order valence-corrected chi connectivity index (χ3v) is 4.21. The topological polar surface area (TPSA) is 72.8 Å². The summed E-state index contributed by atoms with van der Waals surface area (Å²) in [5, 5.41) is 11.0. The van der Waals surface area contributed by atoms with Gasteiger partial charge in [-0.1, -0.05) is 54.6 Å². The van der Waals surface area contributed by atoms with Crippen LogP contribution in [0.2, 0.25) is 0 Å². The normalized spacial score (nSPS) is 11.6. The fraction of sp³-hybridized carbons (Fsp3) is 0.300. The van der Waals surface area contributed by atoms with Gasteiger partial charge in [0.2, 0.25) is 0 Å². The minimum Gasteiger partial charge on any atom is -0.468 e. The summed E-state index contributed by atoms with van der Waals surface area (Å²) in [6.07, 6.45) is 3.31. The largest absolute Gasteiger partial charge is 0.468 e. The Hall–Kier alpha value is -2.66. The van der Waals surface area contributed by atoms with Crippen LogP contribution in [0.4, 0.5) is 0 Å². The number of hydrogen-bond donors (Lipinski definition) is 1. The Kier molecular flexibility index (Phi) is 6.31. The zero-order chi connectivity index (χ0) is 18.3. The Bertz CT molecular complexity index is 763.